The van der Waals surface area contributed by atoms with Gasteiger partial charge in [-0.25, -0.2) is 0 Å². The average molecular weight is 821 g/mol. The summed E-state index contributed by atoms with van der Waals surface area (Å²) in [6.45, 7) is 11.4. The van der Waals surface area contributed by atoms with Gasteiger partial charge in [-0.15, -0.1) is 0 Å². The first-order chi connectivity index (χ1) is 28.3. The molecule has 0 N–H and O–H groups in total. The van der Waals surface area contributed by atoms with Gasteiger partial charge in [-0.1, -0.05) is 247 Å². The van der Waals surface area contributed by atoms with E-state index < -0.39 is 6.10 Å². The fourth-order valence-electron chi connectivity index (χ4n) is 7.75. The van der Waals surface area contributed by atoms with Crippen molar-refractivity contribution in [3.63, 3.8) is 0 Å². The Kier molecular flexibility index (Phi) is 43.7. The van der Waals surface area contributed by atoms with Crippen molar-refractivity contribution in [3.05, 3.63) is 0 Å². The summed E-state index contributed by atoms with van der Waals surface area (Å²) < 4.78 is 16.8. The number of ether oxygens (including phenoxy) is 3. The van der Waals surface area contributed by atoms with E-state index in [1.807, 2.05) is 0 Å². The smallest absolute Gasteiger partial charge is 0.306 e. The molecule has 0 amide bonds. The molecule has 3 atom stereocenters. The molecule has 6 heteroatoms. The van der Waals surface area contributed by atoms with Crippen LogP contribution < -0.4 is 0 Å². The highest BCUT2D eigenvalue weighted by Crippen LogP contribution is 2.18. The SMILES string of the molecule is CCCCCCCCCCCCCCCCCCC(=O)OC[C@H](COC(=O)CCCCCCCCC(C)CC)OC(=O)CCCCCCCCCCCCC(C)CC. The second kappa shape index (κ2) is 44.9. The van der Waals surface area contributed by atoms with Gasteiger partial charge >= 0.3 is 17.9 Å². The summed E-state index contributed by atoms with van der Waals surface area (Å²) in [5.41, 5.74) is 0. The van der Waals surface area contributed by atoms with Gasteiger partial charge in [0.25, 0.3) is 0 Å². The highest BCUT2D eigenvalue weighted by atomic mass is 16.6. The first-order valence-electron chi connectivity index (χ1n) is 25.8. The molecule has 0 saturated heterocycles. The maximum atomic E-state index is 12.8. The molecule has 0 aliphatic heterocycles. The minimum Gasteiger partial charge on any atom is -0.462 e. The lowest BCUT2D eigenvalue weighted by molar-refractivity contribution is -0.167. The van der Waals surface area contributed by atoms with Gasteiger partial charge in [0.2, 0.25) is 0 Å². The van der Waals surface area contributed by atoms with Crippen LogP contribution in [0, 0.1) is 11.8 Å². The van der Waals surface area contributed by atoms with Gasteiger partial charge in [-0.2, -0.15) is 0 Å². The number of rotatable bonds is 46. The average Bonchev–Trinajstić information content (AvgIpc) is 3.22. The zero-order valence-electron chi connectivity index (χ0n) is 39.7. The van der Waals surface area contributed by atoms with Gasteiger partial charge in [0, 0.05) is 19.3 Å². The van der Waals surface area contributed by atoms with E-state index >= 15 is 0 Å². The van der Waals surface area contributed by atoms with E-state index in [4.69, 9.17) is 14.2 Å². The van der Waals surface area contributed by atoms with E-state index in [2.05, 4.69) is 34.6 Å². The van der Waals surface area contributed by atoms with Crippen molar-refractivity contribution in [1.82, 2.24) is 0 Å². The van der Waals surface area contributed by atoms with Crippen LogP contribution in [-0.4, -0.2) is 37.2 Å². The number of hydrogen-bond donors (Lipinski definition) is 0. The van der Waals surface area contributed by atoms with Crippen molar-refractivity contribution >= 4 is 17.9 Å². The first kappa shape index (κ1) is 56.4. The topological polar surface area (TPSA) is 78.9 Å². The molecule has 0 aliphatic carbocycles. The number of hydrogen-bond acceptors (Lipinski definition) is 6. The third-order valence-electron chi connectivity index (χ3n) is 12.4. The molecule has 0 fully saturated rings. The molecule has 0 heterocycles. The predicted octanol–water partition coefficient (Wildman–Crippen LogP) is 16.5. The summed E-state index contributed by atoms with van der Waals surface area (Å²) in [6.07, 6.45) is 45.1. The first-order valence-corrected chi connectivity index (χ1v) is 25.8. The molecule has 0 radical (unpaired) electrons. The second-order valence-electron chi connectivity index (χ2n) is 18.3. The van der Waals surface area contributed by atoms with Crippen LogP contribution in [-0.2, 0) is 28.6 Å². The Labute approximate surface area is 361 Å². The highest BCUT2D eigenvalue weighted by Gasteiger charge is 2.19. The quantitative estimate of drug-likeness (QED) is 0.0346. The molecule has 58 heavy (non-hydrogen) atoms. The van der Waals surface area contributed by atoms with E-state index in [1.54, 1.807) is 0 Å². The minimum atomic E-state index is -0.762. The van der Waals surface area contributed by atoms with Crippen LogP contribution in [0.25, 0.3) is 0 Å². The van der Waals surface area contributed by atoms with Gasteiger partial charge < -0.3 is 14.2 Å². The molecule has 0 spiro atoms. The van der Waals surface area contributed by atoms with E-state index in [0.717, 1.165) is 69.6 Å². The Hall–Kier alpha value is -1.59. The molecule has 344 valence electrons. The van der Waals surface area contributed by atoms with Crippen molar-refractivity contribution in [2.75, 3.05) is 13.2 Å². The lowest BCUT2D eigenvalue weighted by atomic mass is 9.99. The van der Waals surface area contributed by atoms with Crippen LogP contribution in [0.3, 0.4) is 0 Å². The number of unbranched alkanes of at least 4 members (excludes halogenated alkanes) is 29. The molecule has 0 saturated carbocycles. The van der Waals surface area contributed by atoms with E-state index in [-0.39, 0.29) is 31.1 Å². The van der Waals surface area contributed by atoms with Crippen LogP contribution in [0.2, 0.25) is 0 Å². The fraction of sp³-hybridized carbons (Fsp3) is 0.942. The van der Waals surface area contributed by atoms with Crippen molar-refractivity contribution in [2.24, 2.45) is 11.8 Å². The molecule has 0 aromatic rings. The van der Waals surface area contributed by atoms with Gasteiger partial charge in [0.15, 0.2) is 6.10 Å². The summed E-state index contributed by atoms with van der Waals surface area (Å²) in [7, 11) is 0. The lowest BCUT2D eigenvalue weighted by Gasteiger charge is -2.18. The van der Waals surface area contributed by atoms with Crippen LogP contribution >= 0.6 is 0 Å². The molecule has 2 unspecified atom stereocenters. The van der Waals surface area contributed by atoms with Crippen LogP contribution in [0.4, 0.5) is 0 Å². The van der Waals surface area contributed by atoms with Crippen molar-refractivity contribution in [1.29, 1.82) is 0 Å². The monoisotopic (exact) mass is 821 g/mol. The van der Waals surface area contributed by atoms with Crippen LogP contribution in [0.1, 0.15) is 285 Å². The molecule has 0 aliphatic rings. The van der Waals surface area contributed by atoms with E-state index in [9.17, 15) is 14.4 Å². The summed E-state index contributed by atoms with van der Waals surface area (Å²) >= 11 is 0. The summed E-state index contributed by atoms with van der Waals surface area (Å²) in [4.78, 5) is 37.9. The van der Waals surface area contributed by atoms with Crippen molar-refractivity contribution < 1.29 is 28.6 Å². The molecule has 0 aromatic heterocycles. The summed E-state index contributed by atoms with van der Waals surface area (Å²) in [6, 6.07) is 0. The summed E-state index contributed by atoms with van der Waals surface area (Å²) in [5, 5.41) is 0. The number of carbonyl (C=O) groups excluding carboxylic acids is 3. The number of carbonyl (C=O) groups is 3. The van der Waals surface area contributed by atoms with E-state index in [1.165, 1.54) is 173 Å². The Balaban J connectivity index is 4.30. The summed E-state index contributed by atoms with van der Waals surface area (Å²) in [5.74, 6) is 0.829. The van der Waals surface area contributed by atoms with Crippen LogP contribution in [0.5, 0.6) is 0 Å². The molecule has 0 rings (SSSR count). The zero-order valence-corrected chi connectivity index (χ0v) is 39.7. The van der Waals surface area contributed by atoms with Gasteiger partial charge in [0.05, 0.1) is 0 Å². The second-order valence-corrected chi connectivity index (χ2v) is 18.3. The highest BCUT2D eigenvalue weighted by molar-refractivity contribution is 5.71. The maximum Gasteiger partial charge on any atom is 0.306 e. The molecule has 0 aromatic carbocycles. The standard InChI is InChI=1S/C52H100O6/c1-6-9-10-11-12-13-14-15-16-17-18-19-23-26-32-37-42-50(53)56-45-49(46-57-51(54)43-38-33-29-28-31-36-41-48(5)8-3)58-52(55)44-39-34-27-24-21-20-22-25-30-35-40-47(4)7-2/h47-49H,6-46H2,1-5H3/t47?,48?,49-/m1/s1. The van der Waals surface area contributed by atoms with Gasteiger partial charge in [-0.05, 0) is 31.1 Å². The zero-order chi connectivity index (χ0) is 42.6. The minimum absolute atomic E-state index is 0.0645. The Morgan fingerprint density at radius 1 is 0.345 bits per heavy atom. The third-order valence-corrected chi connectivity index (χ3v) is 12.4. The van der Waals surface area contributed by atoms with Crippen LogP contribution in [0.15, 0.2) is 0 Å². The van der Waals surface area contributed by atoms with Gasteiger partial charge in [-0.3, -0.25) is 14.4 Å². The molecular formula is C52H100O6. The fourth-order valence-corrected chi connectivity index (χ4v) is 7.75. The maximum absolute atomic E-state index is 12.8. The molecule has 6 nitrogen and oxygen atoms in total. The van der Waals surface area contributed by atoms with Crippen molar-refractivity contribution in [2.45, 2.75) is 291 Å². The molecular weight excluding hydrogens is 721 g/mol. The third kappa shape index (κ3) is 42.5. The number of esters is 3. The normalized spacial score (nSPS) is 13.0. The Morgan fingerprint density at radius 2 is 0.603 bits per heavy atom. The largest absolute Gasteiger partial charge is 0.462 e. The Bertz CT molecular complexity index is 889. The lowest BCUT2D eigenvalue weighted by Crippen LogP contribution is -2.30. The Morgan fingerprint density at radius 3 is 0.897 bits per heavy atom. The van der Waals surface area contributed by atoms with Gasteiger partial charge in [0.1, 0.15) is 13.2 Å². The molecule has 0 bridgehead atoms. The van der Waals surface area contributed by atoms with Crippen molar-refractivity contribution in [3.8, 4) is 0 Å². The predicted molar refractivity (Wildman–Crippen MR) is 247 cm³/mol. The van der Waals surface area contributed by atoms with E-state index in [0.29, 0.717) is 19.3 Å².